The minimum Gasteiger partial charge on any atom is -0.492 e. The zero-order valence-electron chi connectivity index (χ0n) is 15.2. The molecule has 0 aliphatic rings. The second kappa shape index (κ2) is 9.48. The number of halogens is 2. The first kappa shape index (κ1) is 20.0. The van der Waals surface area contributed by atoms with Crippen molar-refractivity contribution in [2.45, 2.75) is 6.04 Å². The number of carbonyl (C=O) groups excluding carboxylic acids is 1. The van der Waals surface area contributed by atoms with E-state index in [4.69, 9.17) is 27.9 Å². The lowest BCUT2D eigenvalue weighted by atomic mass is 10.1. The number of hydrogen-bond donors (Lipinski definition) is 2. The van der Waals surface area contributed by atoms with Crippen LogP contribution < -0.4 is 15.4 Å². The molecule has 0 radical (unpaired) electrons. The molecule has 0 unspecified atom stereocenters. The maximum Gasteiger partial charge on any atom is 0.315 e. The van der Waals surface area contributed by atoms with Crippen LogP contribution in [0.3, 0.4) is 0 Å². The SMILES string of the molecule is Cn1ccnc1[C@@H](NC(=O)NCCOc1ccc(Cl)cc1)c1ccc(Cl)cc1. The van der Waals surface area contributed by atoms with Crippen LogP contribution in [-0.2, 0) is 7.05 Å². The van der Waals surface area contributed by atoms with Gasteiger partial charge in [0.1, 0.15) is 24.2 Å². The van der Waals surface area contributed by atoms with Crippen molar-refractivity contribution in [3.8, 4) is 5.75 Å². The number of ether oxygens (including phenoxy) is 1. The Labute approximate surface area is 173 Å². The molecule has 2 amide bonds. The highest BCUT2D eigenvalue weighted by molar-refractivity contribution is 6.30. The first-order chi connectivity index (χ1) is 13.5. The number of amides is 2. The van der Waals surface area contributed by atoms with Gasteiger partial charge in [0.25, 0.3) is 0 Å². The molecule has 1 atom stereocenters. The summed E-state index contributed by atoms with van der Waals surface area (Å²) in [6.45, 7) is 0.686. The molecule has 0 saturated carbocycles. The second-order valence-corrected chi connectivity index (χ2v) is 6.96. The minimum atomic E-state index is -0.408. The number of imidazole rings is 1. The highest BCUT2D eigenvalue weighted by Gasteiger charge is 2.20. The number of nitrogens with one attached hydrogen (secondary N) is 2. The summed E-state index contributed by atoms with van der Waals surface area (Å²) in [7, 11) is 1.88. The summed E-state index contributed by atoms with van der Waals surface area (Å²) < 4.78 is 7.44. The van der Waals surface area contributed by atoms with Crippen molar-refractivity contribution < 1.29 is 9.53 Å². The van der Waals surface area contributed by atoms with E-state index in [1.807, 2.05) is 29.9 Å². The first-order valence-electron chi connectivity index (χ1n) is 8.68. The molecule has 3 aromatic rings. The van der Waals surface area contributed by atoms with Crippen molar-refractivity contribution in [1.29, 1.82) is 0 Å². The van der Waals surface area contributed by atoms with Crippen LogP contribution in [0, 0.1) is 0 Å². The molecular weight excluding hydrogens is 399 g/mol. The van der Waals surface area contributed by atoms with Gasteiger partial charge in [-0.15, -0.1) is 0 Å². The Morgan fingerprint density at radius 2 is 1.75 bits per heavy atom. The highest BCUT2D eigenvalue weighted by Crippen LogP contribution is 2.22. The van der Waals surface area contributed by atoms with E-state index in [2.05, 4.69) is 15.6 Å². The third-order valence-electron chi connectivity index (χ3n) is 4.07. The van der Waals surface area contributed by atoms with Crippen molar-refractivity contribution in [1.82, 2.24) is 20.2 Å². The van der Waals surface area contributed by atoms with Gasteiger partial charge in [-0.1, -0.05) is 35.3 Å². The molecule has 2 N–H and O–H groups in total. The third kappa shape index (κ3) is 5.41. The first-order valence-corrected chi connectivity index (χ1v) is 9.44. The number of urea groups is 1. The van der Waals surface area contributed by atoms with E-state index in [1.165, 1.54) is 0 Å². The highest BCUT2D eigenvalue weighted by atomic mass is 35.5. The number of aryl methyl sites for hydroxylation is 1. The average molecular weight is 419 g/mol. The van der Waals surface area contributed by atoms with Gasteiger partial charge in [0, 0.05) is 29.5 Å². The van der Waals surface area contributed by atoms with Crippen molar-refractivity contribution in [3.05, 3.63) is 82.4 Å². The van der Waals surface area contributed by atoms with Crippen LogP contribution in [0.25, 0.3) is 0 Å². The Morgan fingerprint density at radius 1 is 1.11 bits per heavy atom. The number of nitrogens with zero attached hydrogens (tertiary/aromatic N) is 2. The molecule has 146 valence electrons. The monoisotopic (exact) mass is 418 g/mol. The average Bonchev–Trinajstić information content (AvgIpc) is 3.11. The van der Waals surface area contributed by atoms with Gasteiger partial charge in [0.05, 0.1) is 6.54 Å². The Balaban J connectivity index is 1.57. The Hall–Kier alpha value is -2.70. The van der Waals surface area contributed by atoms with E-state index < -0.39 is 6.04 Å². The van der Waals surface area contributed by atoms with Crippen LogP contribution in [0.1, 0.15) is 17.4 Å². The Bertz CT molecular complexity index is 911. The second-order valence-electron chi connectivity index (χ2n) is 6.08. The van der Waals surface area contributed by atoms with Crippen molar-refractivity contribution >= 4 is 29.2 Å². The summed E-state index contributed by atoms with van der Waals surface area (Å²) in [5.41, 5.74) is 0.881. The Morgan fingerprint density at radius 3 is 2.36 bits per heavy atom. The predicted octanol–water partition coefficient (Wildman–Crippen LogP) is 4.19. The summed E-state index contributed by atoms with van der Waals surface area (Å²) >= 11 is 11.8. The van der Waals surface area contributed by atoms with E-state index in [1.54, 1.807) is 42.6 Å². The number of benzene rings is 2. The van der Waals surface area contributed by atoms with Gasteiger partial charge in [-0.3, -0.25) is 0 Å². The fourth-order valence-corrected chi connectivity index (χ4v) is 2.91. The molecule has 2 aromatic carbocycles. The van der Waals surface area contributed by atoms with Crippen LogP contribution >= 0.6 is 23.2 Å². The molecule has 28 heavy (non-hydrogen) atoms. The molecule has 1 heterocycles. The van der Waals surface area contributed by atoms with E-state index in [0.717, 1.165) is 11.4 Å². The summed E-state index contributed by atoms with van der Waals surface area (Å²) in [6.07, 6.45) is 3.52. The number of rotatable bonds is 7. The molecular formula is C20H20Cl2N4O2. The van der Waals surface area contributed by atoms with E-state index in [9.17, 15) is 4.79 Å². The van der Waals surface area contributed by atoms with Crippen molar-refractivity contribution in [2.75, 3.05) is 13.2 Å². The standard InChI is InChI=1S/C20H20Cl2N4O2/c1-26-12-10-23-19(26)18(14-2-4-15(21)5-3-14)25-20(27)24-11-13-28-17-8-6-16(22)7-9-17/h2-10,12,18H,11,13H2,1H3,(H2,24,25,27)/t18-/m0/s1. The lowest BCUT2D eigenvalue weighted by Crippen LogP contribution is -2.40. The molecule has 0 aliphatic heterocycles. The third-order valence-corrected chi connectivity index (χ3v) is 4.57. The summed E-state index contributed by atoms with van der Waals surface area (Å²) in [5, 5.41) is 7.02. The normalized spacial score (nSPS) is 11.7. The Kier molecular flexibility index (Phi) is 6.79. The molecule has 0 spiro atoms. The van der Waals surface area contributed by atoms with Gasteiger partial charge in [0.2, 0.25) is 0 Å². The fourth-order valence-electron chi connectivity index (χ4n) is 2.65. The zero-order valence-corrected chi connectivity index (χ0v) is 16.7. The minimum absolute atomic E-state index is 0.317. The maximum atomic E-state index is 12.4. The molecule has 8 heteroatoms. The van der Waals surface area contributed by atoms with Crippen LogP contribution in [0.4, 0.5) is 4.79 Å². The fraction of sp³-hybridized carbons (Fsp3) is 0.200. The van der Waals surface area contributed by atoms with Gasteiger partial charge >= 0.3 is 6.03 Å². The van der Waals surface area contributed by atoms with Crippen LogP contribution in [-0.4, -0.2) is 28.7 Å². The number of aromatic nitrogens is 2. The van der Waals surface area contributed by atoms with Crippen LogP contribution in [0.5, 0.6) is 5.75 Å². The maximum absolute atomic E-state index is 12.4. The molecule has 0 aliphatic carbocycles. The summed E-state index contributed by atoms with van der Waals surface area (Å²) in [5.74, 6) is 1.41. The number of carbonyl (C=O) groups is 1. The topological polar surface area (TPSA) is 68.2 Å². The van der Waals surface area contributed by atoms with Gasteiger partial charge in [-0.25, -0.2) is 9.78 Å². The molecule has 0 fully saturated rings. The molecule has 0 bridgehead atoms. The summed E-state index contributed by atoms with van der Waals surface area (Å²) in [4.78, 5) is 16.8. The van der Waals surface area contributed by atoms with Gasteiger partial charge in [-0.05, 0) is 42.0 Å². The van der Waals surface area contributed by atoms with E-state index in [-0.39, 0.29) is 6.03 Å². The van der Waals surface area contributed by atoms with Crippen LogP contribution in [0.2, 0.25) is 10.0 Å². The van der Waals surface area contributed by atoms with Crippen molar-refractivity contribution in [3.63, 3.8) is 0 Å². The summed E-state index contributed by atoms with van der Waals surface area (Å²) in [6, 6.07) is 13.6. The van der Waals surface area contributed by atoms with Crippen molar-refractivity contribution in [2.24, 2.45) is 7.05 Å². The molecule has 6 nitrogen and oxygen atoms in total. The van der Waals surface area contributed by atoms with Gasteiger partial charge in [-0.2, -0.15) is 0 Å². The van der Waals surface area contributed by atoms with Gasteiger partial charge < -0.3 is 19.9 Å². The van der Waals surface area contributed by atoms with Gasteiger partial charge in [0.15, 0.2) is 0 Å². The lowest BCUT2D eigenvalue weighted by molar-refractivity contribution is 0.234. The molecule has 0 saturated heterocycles. The van der Waals surface area contributed by atoms with E-state index in [0.29, 0.717) is 28.9 Å². The molecule has 3 rings (SSSR count). The number of hydrogen-bond acceptors (Lipinski definition) is 3. The lowest BCUT2D eigenvalue weighted by Gasteiger charge is -2.19. The zero-order chi connectivity index (χ0) is 19.9. The predicted molar refractivity (Wildman–Crippen MR) is 110 cm³/mol. The largest absolute Gasteiger partial charge is 0.492 e. The quantitative estimate of drug-likeness (QED) is 0.565. The van der Waals surface area contributed by atoms with Crippen LogP contribution in [0.15, 0.2) is 60.9 Å². The molecule has 1 aromatic heterocycles. The smallest absolute Gasteiger partial charge is 0.315 e. The van der Waals surface area contributed by atoms with E-state index >= 15 is 0 Å².